The lowest BCUT2D eigenvalue weighted by Crippen LogP contribution is -2.43. The van der Waals surface area contributed by atoms with Crippen LogP contribution in [-0.2, 0) is 14.8 Å². The van der Waals surface area contributed by atoms with Crippen molar-refractivity contribution in [3.63, 3.8) is 0 Å². The molecule has 0 spiro atoms. The van der Waals surface area contributed by atoms with Gasteiger partial charge in [0.2, 0.25) is 15.9 Å². The number of carbonyl (C=O) groups excluding carboxylic acids is 2. The van der Waals surface area contributed by atoms with Gasteiger partial charge in [-0.25, -0.2) is 8.42 Å². The van der Waals surface area contributed by atoms with Gasteiger partial charge in [-0.05, 0) is 61.7 Å². The van der Waals surface area contributed by atoms with Gasteiger partial charge in [-0.1, -0.05) is 26.3 Å². The molecule has 31 heavy (non-hydrogen) atoms. The largest absolute Gasteiger partial charge is 0.326 e. The van der Waals surface area contributed by atoms with Gasteiger partial charge in [-0.15, -0.1) is 0 Å². The zero-order chi connectivity index (χ0) is 22.4. The number of rotatable bonds is 7. The Balaban J connectivity index is 1.71. The van der Waals surface area contributed by atoms with Crippen LogP contribution in [0.4, 0.5) is 11.4 Å². The molecule has 166 valence electrons. The van der Waals surface area contributed by atoms with E-state index < -0.39 is 10.0 Å². The Morgan fingerprint density at radius 3 is 2.42 bits per heavy atom. The van der Waals surface area contributed by atoms with E-state index in [0.29, 0.717) is 29.9 Å². The maximum atomic E-state index is 13.1. The van der Waals surface area contributed by atoms with Gasteiger partial charge in [0, 0.05) is 35.9 Å². The van der Waals surface area contributed by atoms with Crippen molar-refractivity contribution >= 4 is 33.2 Å². The molecule has 2 amide bonds. The minimum atomic E-state index is -3.56. The van der Waals surface area contributed by atoms with Crippen LogP contribution in [0.3, 0.4) is 0 Å². The maximum Gasteiger partial charge on any atom is 0.255 e. The average Bonchev–Trinajstić information content (AvgIpc) is 2.79. The van der Waals surface area contributed by atoms with Crippen LogP contribution in [0.15, 0.2) is 53.4 Å². The van der Waals surface area contributed by atoms with Crippen LogP contribution >= 0.6 is 0 Å². The van der Waals surface area contributed by atoms with Crippen molar-refractivity contribution in [1.82, 2.24) is 4.31 Å². The summed E-state index contributed by atoms with van der Waals surface area (Å²) >= 11 is 0. The normalized spacial score (nSPS) is 17.2. The predicted octanol–water partition coefficient (Wildman–Crippen LogP) is 4.24. The van der Waals surface area contributed by atoms with Gasteiger partial charge in [0.1, 0.15) is 0 Å². The molecule has 3 rings (SSSR count). The molecule has 2 N–H and O–H groups in total. The lowest BCUT2D eigenvalue weighted by atomic mass is 10.0. The van der Waals surface area contributed by atoms with Crippen molar-refractivity contribution in [2.24, 2.45) is 0 Å². The van der Waals surface area contributed by atoms with Gasteiger partial charge in [-0.2, -0.15) is 4.31 Å². The molecule has 0 saturated carbocycles. The molecule has 1 fully saturated rings. The number of nitrogens with zero attached hydrogens (tertiary/aromatic N) is 1. The van der Waals surface area contributed by atoms with E-state index in [4.69, 9.17) is 0 Å². The van der Waals surface area contributed by atoms with Crippen LogP contribution < -0.4 is 10.6 Å². The van der Waals surface area contributed by atoms with Crippen LogP contribution in [0, 0.1) is 0 Å². The van der Waals surface area contributed by atoms with Crippen LogP contribution in [0.25, 0.3) is 0 Å². The van der Waals surface area contributed by atoms with Gasteiger partial charge < -0.3 is 10.6 Å². The number of piperidine rings is 1. The molecule has 0 aromatic heterocycles. The number of hydrogen-bond donors (Lipinski definition) is 2. The Morgan fingerprint density at radius 1 is 1.00 bits per heavy atom. The molecule has 1 aliphatic heterocycles. The third-order valence-corrected chi connectivity index (χ3v) is 7.46. The summed E-state index contributed by atoms with van der Waals surface area (Å²) in [5.74, 6) is -0.473. The van der Waals surface area contributed by atoms with E-state index in [1.807, 2.05) is 6.92 Å². The monoisotopic (exact) mass is 443 g/mol. The third-order valence-electron chi connectivity index (χ3n) is 5.49. The molecule has 2 aromatic carbocycles. The molecule has 1 aliphatic rings. The second kappa shape index (κ2) is 10.1. The molecule has 7 nitrogen and oxygen atoms in total. The van der Waals surface area contributed by atoms with E-state index >= 15 is 0 Å². The highest BCUT2D eigenvalue weighted by Gasteiger charge is 2.32. The molecule has 2 aromatic rings. The number of hydrogen-bond acceptors (Lipinski definition) is 4. The molecular weight excluding hydrogens is 414 g/mol. The minimum absolute atomic E-state index is 0.0404. The smallest absolute Gasteiger partial charge is 0.255 e. The Bertz CT molecular complexity index is 1040. The highest BCUT2D eigenvalue weighted by molar-refractivity contribution is 7.89. The summed E-state index contributed by atoms with van der Waals surface area (Å²) in [5.41, 5.74) is 1.44. The lowest BCUT2D eigenvalue weighted by Gasteiger charge is -2.34. The predicted molar refractivity (Wildman–Crippen MR) is 122 cm³/mol. The Kier molecular flexibility index (Phi) is 7.46. The van der Waals surface area contributed by atoms with Gasteiger partial charge in [0.25, 0.3) is 5.91 Å². The first-order chi connectivity index (χ1) is 14.8. The standard InChI is InChI=1S/C23H29N3O4S/c1-3-20-10-5-6-15-26(20)31(29,30)21-13-11-18(12-14-21)25-23(28)17-8-7-9-19(16-17)24-22(27)4-2/h7-9,11-14,16,20H,3-6,10,15H2,1-2H3,(H,24,27)(H,25,28). The summed E-state index contributed by atoms with van der Waals surface area (Å²) in [7, 11) is -3.56. The topological polar surface area (TPSA) is 95.6 Å². The first-order valence-electron chi connectivity index (χ1n) is 10.7. The van der Waals surface area contributed by atoms with Crippen LogP contribution in [0.5, 0.6) is 0 Å². The third kappa shape index (κ3) is 5.51. The Labute approximate surface area is 183 Å². The highest BCUT2D eigenvalue weighted by atomic mass is 32.2. The minimum Gasteiger partial charge on any atom is -0.326 e. The number of nitrogens with one attached hydrogen (secondary N) is 2. The van der Waals surface area contributed by atoms with E-state index in [0.717, 1.165) is 25.7 Å². The SMILES string of the molecule is CCC(=O)Nc1cccc(C(=O)Nc2ccc(S(=O)(=O)N3CCCCC3CC)cc2)c1. The second-order valence-electron chi connectivity index (χ2n) is 7.63. The fraction of sp³-hybridized carbons (Fsp3) is 0.391. The average molecular weight is 444 g/mol. The zero-order valence-electron chi connectivity index (χ0n) is 17.9. The summed E-state index contributed by atoms with van der Waals surface area (Å²) in [6, 6.07) is 13.0. The zero-order valence-corrected chi connectivity index (χ0v) is 18.7. The number of amides is 2. The number of benzene rings is 2. The molecule has 1 heterocycles. The molecule has 1 atom stereocenters. The van der Waals surface area contributed by atoms with Gasteiger partial charge in [0.05, 0.1) is 4.90 Å². The van der Waals surface area contributed by atoms with Gasteiger partial charge >= 0.3 is 0 Å². The fourth-order valence-electron chi connectivity index (χ4n) is 3.73. The van der Waals surface area contributed by atoms with E-state index in [-0.39, 0.29) is 22.8 Å². The molecule has 0 radical (unpaired) electrons. The summed E-state index contributed by atoms with van der Waals surface area (Å²) < 4.78 is 27.7. The van der Waals surface area contributed by atoms with Crippen molar-refractivity contribution in [1.29, 1.82) is 0 Å². The molecule has 1 saturated heterocycles. The molecule has 1 unspecified atom stereocenters. The number of anilines is 2. The van der Waals surface area contributed by atoms with Gasteiger partial charge in [-0.3, -0.25) is 9.59 Å². The van der Waals surface area contributed by atoms with Crippen molar-refractivity contribution < 1.29 is 18.0 Å². The maximum absolute atomic E-state index is 13.1. The van der Waals surface area contributed by atoms with Crippen molar-refractivity contribution in [3.05, 3.63) is 54.1 Å². The second-order valence-corrected chi connectivity index (χ2v) is 9.53. The summed E-state index contributed by atoms with van der Waals surface area (Å²) in [6.45, 7) is 4.31. The molecule has 0 bridgehead atoms. The first kappa shape index (κ1) is 23.0. The first-order valence-corrected chi connectivity index (χ1v) is 12.1. The van der Waals surface area contributed by atoms with E-state index in [9.17, 15) is 18.0 Å². The molecule has 0 aliphatic carbocycles. The summed E-state index contributed by atoms with van der Waals surface area (Å²) in [4.78, 5) is 24.4. The van der Waals surface area contributed by atoms with E-state index in [1.54, 1.807) is 47.6 Å². The van der Waals surface area contributed by atoms with Crippen molar-refractivity contribution in [2.45, 2.75) is 56.9 Å². The lowest BCUT2D eigenvalue weighted by molar-refractivity contribution is -0.115. The quantitative estimate of drug-likeness (QED) is 0.669. The van der Waals surface area contributed by atoms with Gasteiger partial charge in [0.15, 0.2) is 0 Å². The van der Waals surface area contributed by atoms with Crippen LogP contribution in [-0.4, -0.2) is 37.1 Å². The van der Waals surface area contributed by atoms with E-state index in [2.05, 4.69) is 10.6 Å². The molecule has 8 heteroatoms. The van der Waals surface area contributed by atoms with Crippen molar-refractivity contribution in [3.8, 4) is 0 Å². The van der Waals surface area contributed by atoms with Crippen molar-refractivity contribution in [2.75, 3.05) is 17.2 Å². The van der Waals surface area contributed by atoms with Crippen LogP contribution in [0.1, 0.15) is 56.3 Å². The molecular formula is C23H29N3O4S. The fourth-order valence-corrected chi connectivity index (χ4v) is 5.50. The number of carbonyl (C=O) groups is 2. The van der Waals surface area contributed by atoms with Crippen LogP contribution in [0.2, 0.25) is 0 Å². The summed E-state index contributed by atoms with van der Waals surface area (Å²) in [5, 5.41) is 5.49. The highest BCUT2D eigenvalue weighted by Crippen LogP contribution is 2.27. The Hall–Kier alpha value is -2.71. The summed E-state index contributed by atoms with van der Waals surface area (Å²) in [6.07, 6.45) is 3.97. The van der Waals surface area contributed by atoms with E-state index in [1.165, 1.54) is 12.1 Å². The Morgan fingerprint density at radius 2 is 1.74 bits per heavy atom. The number of sulfonamides is 1.